The molecule has 2 nitrogen and oxygen atoms in total. The summed E-state index contributed by atoms with van der Waals surface area (Å²) in [6.07, 6.45) is 0. The summed E-state index contributed by atoms with van der Waals surface area (Å²) in [4.78, 5) is 0. The van der Waals surface area contributed by atoms with E-state index in [0.717, 1.165) is 5.56 Å². The van der Waals surface area contributed by atoms with E-state index in [-0.39, 0.29) is 18.0 Å². The third kappa shape index (κ3) is 3.85. The molecule has 20 heavy (non-hydrogen) atoms. The Morgan fingerprint density at radius 3 is 2.45 bits per heavy atom. The van der Waals surface area contributed by atoms with Gasteiger partial charge in [0, 0.05) is 28.7 Å². The van der Waals surface area contributed by atoms with Crippen LogP contribution in [0.15, 0.2) is 40.9 Å². The molecule has 2 rings (SSSR count). The molecule has 0 fully saturated rings. The van der Waals surface area contributed by atoms with Gasteiger partial charge in [-0.2, -0.15) is 0 Å². The highest BCUT2D eigenvalue weighted by molar-refractivity contribution is 9.10. The molecule has 0 heterocycles. The van der Waals surface area contributed by atoms with Gasteiger partial charge in [0.05, 0.1) is 6.61 Å². The number of nitrogens with one attached hydrogen (secondary N) is 1. The molecule has 0 saturated carbocycles. The molecule has 0 aliphatic heterocycles. The fourth-order valence-electron chi connectivity index (χ4n) is 1.87. The predicted octanol–water partition coefficient (Wildman–Crippen LogP) is 3.51. The van der Waals surface area contributed by atoms with Gasteiger partial charge < -0.3 is 10.4 Å². The van der Waals surface area contributed by atoms with Gasteiger partial charge in [-0.25, -0.2) is 8.78 Å². The molecule has 0 aromatic heterocycles. The van der Waals surface area contributed by atoms with Crippen LogP contribution in [0.25, 0.3) is 0 Å². The van der Waals surface area contributed by atoms with Gasteiger partial charge in [0.2, 0.25) is 0 Å². The number of halogens is 3. The Hall–Kier alpha value is -1.30. The van der Waals surface area contributed by atoms with E-state index < -0.39 is 5.82 Å². The third-order valence-corrected chi connectivity index (χ3v) is 3.43. The Labute approximate surface area is 124 Å². The van der Waals surface area contributed by atoms with Crippen LogP contribution in [0.5, 0.6) is 0 Å². The second-order valence-electron chi connectivity index (χ2n) is 4.42. The zero-order valence-electron chi connectivity index (χ0n) is 10.7. The molecule has 0 amide bonds. The van der Waals surface area contributed by atoms with Crippen LogP contribution < -0.4 is 5.32 Å². The topological polar surface area (TPSA) is 32.3 Å². The summed E-state index contributed by atoms with van der Waals surface area (Å²) >= 11 is 3.20. The molecule has 0 aliphatic rings. The van der Waals surface area contributed by atoms with E-state index in [4.69, 9.17) is 5.11 Å². The highest BCUT2D eigenvalue weighted by Crippen LogP contribution is 2.15. The van der Waals surface area contributed by atoms with Crippen molar-refractivity contribution in [3.63, 3.8) is 0 Å². The minimum atomic E-state index is -0.421. The van der Waals surface area contributed by atoms with Crippen LogP contribution in [-0.2, 0) is 19.7 Å². The molecule has 2 aromatic carbocycles. The summed E-state index contributed by atoms with van der Waals surface area (Å²) < 4.78 is 27.5. The average Bonchev–Trinajstić information content (AvgIpc) is 2.43. The molecule has 0 atom stereocenters. The largest absolute Gasteiger partial charge is 0.392 e. The van der Waals surface area contributed by atoms with Crippen LogP contribution in [0.4, 0.5) is 8.78 Å². The van der Waals surface area contributed by atoms with E-state index >= 15 is 0 Å². The summed E-state index contributed by atoms with van der Waals surface area (Å²) in [6, 6.07) is 9.46. The second kappa shape index (κ2) is 6.92. The van der Waals surface area contributed by atoms with Crippen molar-refractivity contribution in [1.29, 1.82) is 0 Å². The van der Waals surface area contributed by atoms with Crippen LogP contribution in [0.2, 0.25) is 0 Å². The Balaban J connectivity index is 1.96. The van der Waals surface area contributed by atoms with Gasteiger partial charge in [-0.3, -0.25) is 0 Å². The summed E-state index contributed by atoms with van der Waals surface area (Å²) in [5.41, 5.74) is 1.67. The first kappa shape index (κ1) is 15.1. The minimum absolute atomic E-state index is 0.263. The molecule has 0 aliphatic carbocycles. The van der Waals surface area contributed by atoms with Crippen molar-refractivity contribution in [2.45, 2.75) is 19.7 Å². The van der Waals surface area contributed by atoms with E-state index in [9.17, 15) is 8.78 Å². The number of aliphatic hydroxyl groups excluding tert-OH is 1. The molecule has 0 radical (unpaired) electrons. The number of hydrogen-bond acceptors (Lipinski definition) is 2. The fraction of sp³-hybridized carbons (Fsp3) is 0.200. The van der Waals surface area contributed by atoms with E-state index in [0.29, 0.717) is 23.1 Å². The molecule has 2 aromatic rings. The zero-order valence-corrected chi connectivity index (χ0v) is 12.3. The van der Waals surface area contributed by atoms with Gasteiger partial charge in [-0.1, -0.05) is 28.1 Å². The van der Waals surface area contributed by atoms with E-state index in [2.05, 4.69) is 21.2 Å². The van der Waals surface area contributed by atoms with Gasteiger partial charge in [-0.05, 0) is 29.8 Å². The summed E-state index contributed by atoms with van der Waals surface area (Å²) in [6.45, 7) is 0.523. The molecule has 0 unspecified atom stereocenters. The van der Waals surface area contributed by atoms with Crippen LogP contribution in [0.1, 0.15) is 16.7 Å². The lowest BCUT2D eigenvalue weighted by Gasteiger charge is -2.08. The molecule has 5 heteroatoms. The van der Waals surface area contributed by atoms with Crippen LogP contribution in [-0.4, -0.2) is 5.11 Å². The first-order valence-electron chi connectivity index (χ1n) is 6.13. The molecular formula is C15H14BrF2NO. The minimum Gasteiger partial charge on any atom is -0.392 e. The Morgan fingerprint density at radius 2 is 1.75 bits per heavy atom. The summed E-state index contributed by atoms with van der Waals surface area (Å²) in [5, 5.41) is 12.1. The fourth-order valence-corrected chi connectivity index (χ4v) is 2.20. The SMILES string of the molecule is OCc1cc(CNCc2ccc(Br)cc2F)ccc1F. The van der Waals surface area contributed by atoms with Gasteiger partial charge in [0.25, 0.3) is 0 Å². The third-order valence-electron chi connectivity index (χ3n) is 2.94. The van der Waals surface area contributed by atoms with E-state index in [1.807, 2.05) is 0 Å². The molecular weight excluding hydrogens is 328 g/mol. The Morgan fingerprint density at radius 1 is 0.950 bits per heavy atom. The van der Waals surface area contributed by atoms with Crippen molar-refractivity contribution in [1.82, 2.24) is 5.32 Å². The highest BCUT2D eigenvalue weighted by Gasteiger charge is 2.04. The van der Waals surface area contributed by atoms with Crippen molar-refractivity contribution in [2.75, 3.05) is 0 Å². The first-order valence-corrected chi connectivity index (χ1v) is 6.92. The zero-order chi connectivity index (χ0) is 14.5. The van der Waals surface area contributed by atoms with E-state index in [1.165, 1.54) is 12.1 Å². The first-order chi connectivity index (χ1) is 9.60. The second-order valence-corrected chi connectivity index (χ2v) is 5.34. The van der Waals surface area contributed by atoms with Gasteiger partial charge in [-0.15, -0.1) is 0 Å². The Kier molecular flexibility index (Phi) is 5.23. The molecule has 0 saturated heterocycles. The van der Waals surface area contributed by atoms with E-state index in [1.54, 1.807) is 24.3 Å². The van der Waals surface area contributed by atoms with Gasteiger partial charge in [0.1, 0.15) is 11.6 Å². The lowest BCUT2D eigenvalue weighted by atomic mass is 10.1. The van der Waals surface area contributed by atoms with Crippen LogP contribution in [0.3, 0.4) is 0 Å². The maximum Gasteiger partial charge on any atom is 0.128 e. The van der Waals surface area contributed by atoms with Crippen molar-refractivity contribution in [3.05, 3.63) is 69.2 Å². The normalized spacial score (nSPS) is 10.8. The van der Waals surface area contributed by atoms with Crippen LogP contribution in [0, 0.1) is 11.6 Å². The monoisotopic (exact) mass is 341 g/mol. The molecule has 2 N–H and O–H groups in total. The molecule has 0 bridgehead atoms. The highest BCUT2D eigenvalue weighted by atomic mass is 79.9. The smallest absolute Gasteiger partial charge is 0.128 e. The average molecular weight is 342 g/mol. The lowest BCUT2D eigenvalue weighted by molar-refractivity contribution is 0.275. The van der Waals surface area contributed by atoms with Crippen molar-refractivity contribution >= 4 is 15.9 Å². The van der Waals surface area contributed by atoms with Crippen molar-refractivity contribution in [2.24, 2.45) is 0 Å². The number of benzene rings is 2. The lowest BCUT2D eigenvalue weighted by Crippen LogP contribution is -2.14. The predicted molar refractivity (Wildman–Crippen MR) is 77.0 cm³/mol. The summed E-state index contributed by atoms with van der Waals surface area (Å²) in [7, 11) is 0. The van der Waals surface area contributed by atoms with Crippen molar-refractivity contribution in [3.8, 4) is 0 Å². The molecule has 106 valence electrons. The maximum absolute atomic E-state index is 13.6. The van der Waals surface area contributed by atoms with Crippen molar-refractivity contribution < 1.29 is 13.9 Å². The Bertz CT molecular complexity index is 604. The number of rotatable bonds is 5. The quantitative estimate of drug-likeness (QED) is 0.872. The van der Waals surface area contributed by atoms with Gasteiger partial charge in [0.15, 0.2) is 0 Å². The van der Waals surface area contributed by atoms with Crippen LogP contribution >= 0.6 is 15.9 Å². The molecule has 0 spiro atoms. The number of aliphatic hydroxyl groups is 1. The number of hydrogen-bond donors (Lipinski definition) is 2. The summed E-state index contributed by atoms with van der Waals surface area (Å²) in [5.74, 6) is -0.697. The maximum atomic E-state index is 13.6. The standard InChI is InChI=1S/C15H14BrF2NO/c16-13-3-2-11(15(18)6-13)8-19-7-10-1-4-14(17)12(5-10)9-20/h1-6,19-20H,7-9H2. The van der Waals surface area contributed by atoms with Gasteiger partial charge >= 0.3 is 0 Å².